The highest BCUT2D eigenvalue weighted by molar-refractivity contribution is 7.91. The van der Waals surface area contributed by atoms with Crippen LogP contribution in [0.15, 0.2) is 0 Å². The van der Waals surface area contributed by atoms with E-state index in [0.717, 1.165) is 19.5 Å². The van der Waals surface area contributed by atoms with Crippen molar-refractivity contribution in [1.82, 2.24) is 5.32 Å². The zero-order valence-electron chi connectivity index (χ0n) is 6.84. The van der Waals surface area contributed by atoms with Crippen molar-refractivity contribution in [2.75, 3.05) is 24.6 Å². The maximum absolute atomic E-state index is 11.1. The fraction of sp³-hybridized carbons (Fsp3) is 1.00. The van der Waals surface area contributed by atoms with E-state index in [1.54, 1.807) is 6.92 Å². The summed E-state index contributed by atoms with van der Waals surface area (Å²) in [5.74, 6) is 1.01. The molecule has 0 amide bonds. The molecule has 1 N–H and O–H groups in total. The van der Waals surface area contributed by atoms with Crippen molar-refractivity contribution in [3.8, 4) is 0 Å². The van der Waals surface area contributed by atoms with Crippen LogP contribution in [0.1, 0.15) is 13.3 Å². The molecule has 66 valence electrons. The minimum atomic E-state index is -2.74. The van der Waals surface area contributed by atoms with Crippen LogP contribution in [0.4, 0.5) is 0 Å². The van der Waals surface area contributed by atoms with Gasteiger partial charge in [-0.05, 0) is 25.4 Å². The SMILES string of the molecule is CCS(=O)(=O)C[C@@H]1CCNC1. The van der Waals surface area contributed by atoms with E-state index in [2.05, 4.69) is 5.32 Å². The van der Waals surface area contributed by atoms with Gasteiger partial charge < -0.3 is 5.32 Å². The molecule has 0 unspecified atom stereocenters. The summed E-state index contributed by atoms with van der Waals surface area (Å²) in [6, 6.07) is 0. The van der Waals surface area contributed by atoms with Crippen LogP contribution in [0, 0.1) is 5.92 Å². The molecule has 0 saturated carbocycles. The summed E-state index contributed by atoms with van der Waals surface area (Å²) in [5.41, 5.74) is 0. The number of hydrogen-bond acceptors (Lipinski definition) is 3. The first kappa shape index (κ1) is 9.00. The Morgan fingerprint density at radius 1 is 1.55 bits per heavy atom. The van der Waals surface area contributed by atoms with Gasteiger partial charge in [-0.25, -0.2) is 8.42 Å². The van der Waals surface area contributed by atoms with E-state index in [0.29, 0.717) is 11.7 Å². The zero-order valence-corrected chi connectivity index (χ0v) is 7.65. The summed E-state index contributed by atoms with van der Waals surface area (Å²) < 4.78 is 22.3. The van der Waals surface area contributed by atoms with Crippen LogP contribution in [0.2, 0.25) is 0 Å². The molecular weight excluding hydrogens is 162 g/mol. The van der Waals surface area contributed by atoms with Gasteiger partial charge in [0.15, 0.2) is 0 Å². The number of nitrogens with one attached hydrogen (secondary N) is 1. The Balaban J connectivity index is 2.41. The minimum Gasteiger partial charge on any atom is -0.316 e. The molecule has 0 aliphatic carbocycles. The third kappa shape index (κ3) is 2.79. The molecule has 1 fully saturated rings. The van der Waals surface area contributed by atoms with Crippen LogP contribution in [-0.2, 0) is 9.84 Å². The van der Waals surface area contributed by atoms with Crippen LogP contribution in [0.5, 0.6) is 0 Å². The number of sulfone groups is 1. The predicted octanol–water partition coefficient (Wildman–Crippen LogP) is 0.0306. The lowest BCUT2D eigenvalue weighted by Crippen LogP contribution is -2.19. The van der Waals surface area contributed by atoms with Crippen LogP contribution >= 0.6 is 0 Å². The molecule has 1 heterocycles. The third-order valence-electron chi connectivity index (χ3n) is 2.09. The zero-order chi connectivity index (χ0) is 8.32. The van der Waals surface area contributed by atoms with E-state index in [9.17, 15) is 8.42 Å². The Morgan fingerprint density at radius 2 is 2.27 bits per heavy atom. The van der Waals surface area contributed by atoms with E-state index < -0.39 is 9.84 Å². The Labute approximate surface area is 68.1 Å². The van der Waals surface area contributed by atoms with Gasteiger partial charge in [-0.1, -0.05) is 6.92 Å². The highest BCUT2D eigenvalue weighted by atomic mass is 32.2. The molecule has 1 atom stereocenters. The van der Waals surface area contributed by atoms with E-state index in [1.807, 2.05) is 0 Å². The van der Waals surface area contributed by atoms with Gasteiger partial charge in [0, 0.05) is 5.75 Å². The highest BCUT2D eigenvalue weighted by Crippen LogP contribution is 2.10. The molecule has 0 aromatic heterocycles. The third-order valence-corrected chi connectivity index (χ3v) is 3.95. The summed E-state index contributed by atoms with van der Waals surface area (Å²) in [6.07, 6.45) is 1.01. The van der Waals surface area contributed by atoms with Crippen LogP contribution in [-0.4, -0.2) is 33.0 Å². The van der Waals surface area contributed by atoms with Crippen LogP contribution < -0.4 is 5.32 Å². The van der Waals surface area contributed by atoms with Crippen molar-refractivity contribution in [2.45, 2.75) is 13.3 Å². The van der Waals surface area contributed by atoms with Gasteiger partial charge >= 0.3 is 0 Å². The Hall–Kier alpha value is -0.0900. The molecule has 11 heavy (non-hydrogen) atoms. The average Bonchev–Trinajstić information content (AvgIpc) is 2.39. The lowest BCUT2D eigenvalue weighted by molar-refractivity contribution is 0.571. The molecule has 1 aliphatic heterocycles. The molecule has 1 saturated heterocycles. The van der Waals surface area contributed by atoms with Crippen LogP contribution in [0.25, 0.3) is 0 Å². The second-order valence-corrected chi connectivity index (χ2v) is 5.46. The Bertz CT molecular complexity index is 204. The van der Waals surface area contributed by atoms with Crippen molar-refractivity contribution < 1.29 is 8.42 Å². The quantitative estimate of drug-likeness (QED) is 0.661. The Kier molecular flexibility index (Phi) is 2.90. The van der Waals surface area contributed by atoms with E-state index in [-0.39, 0.29) is 5.75 Å². The molecule has 0 spiro atoms. The van der Waals surface area contributed by atoms with Gasteiger partial charge in [-0.3, -0.25) is 0 Å². The monoisotopic (exact) mass is 177 g/mol. The predicted molar refractivity (Wildman–Crippen MR) is 45.3 cm³/mol. The largest absolute Gasteiger partial charge is 0.316 e. The second-order valence-electron chi connectivity index (χ2n) is 3.06. The van der Waals surface area contributed by atoms with Crippen molar-refractivity contribution in [3.63, 3.8) is 0 Å². The first-order valence-electron chi connectivity index (χ1n) is 4.05. The smallest absolute Gasteiger partial charge is 0.150 e. The second kappa shape index (κ2) is 3.54. The lowest BCUT2D eigenvalue weighted by atomic mass is 10.2. The number of hydrogen-bond donors (Lipinski definition) is 1. The van der Waals surface area contributed by atoms with Crippen molar-refractivity contribution in [1.29, 1.82) is 0 Å². The van der Waals surface area contributed by atoms with Gasteiger partial charge in [0.05, 0.1) is 5.75 Å². The topological polar surface area (TPSA) is 46.2 Å². The van der Waals surface area contributed by atoms with Crippen molar-refractivity contribution >= 4 is 9.84 Å². The standard InChI is InChI=1S/C7H15NO2S/c1-2-11(9,10)6-7-3-4-8-5-7/h7-8H,2-6H2,1H3/t7-/m1/s1. The first-order valence-corrected chi connectivity index (χ1v) is 5.87. The Morgan fingerprint density at radius 3 is 2.73 bits per heavy atom. The normalized spacial score (nSPS) is 25.7. The van der Waals surface area contributed by atoms with Crippen molar-refractivity contribution in [2.24, 2.45) is 5.92 Å². The molecule has 0 bridgehead atoms. The minimum absolute atomic E-state index is 0.281. The van der Waals surface area contributed by atoms with E-state index in [4.69, 9.17) is 0 Å². The highest BCUT2D eigenvalue weighted by Gasteiger charge is 2.20. The molecule has 3 nitrogen and oxygen atoms in total. The van der Waals surface area contributed by atoms with Gasteiger partial charge in [0.2, 0.25) is 0 Å². The van der Waals surface area contributed by atoms with E-state index >= 15 is 0 Å². The molecule has 0 aromatic carbocycles. The fourth-order valence-electron chi connectivity index (χ4n) is 1.33. The summed E-state index contributed by atoms with van der Waals surface area (Å²) in [6.45, 7) is 3.56. The van der Waals surface area contributed by atoms with Crippen LogP contribution in [0.3, 0.4) is 0 Å². The lowest BCUT2D eigenvalue weighted by Gasteiger charge is -2.06. The maximum atomic E-state index is 11.1. The van der Waals surface area contributed by atoms with Gasteiger partial charge in [-0.2, -0.15) is 0 Å². The summed E-state index contributed by atoms with van der Waals surface area (Å²) in [4.78, 5) is 0. The molecule has 0 radical (unpaired) electrons. The van der Waals surface area contributed by atoms with Crippen molar-refractivity contribution in [3.05, 3.63) is 0 Å². The van der Waals surface area contributed by atoms with Gasteiger partial charge in [-0.15, -0.1) is 0 Å². The summed E-state index contributed by atoms with van der Waals surface area (Å²) in [5, 5.41) is 3.15. The summed E-state index contributed by atoms with van der Waals surface area (Å²) in [7, 11) is -2.74. The van der Waals surface area contributed by atoms with E-state index in [1.165, 1.54) is 0 Å². The van der Waals surface area contributed by atoms with Gasteiger partial charge in [0.1, 0.15) is 9.84 Å². The first-order chi connectivity index (χ1) is 5.14. The molecule has 4 heteroatoms. The molecule has 1 rings (SSSR count). The summed E-state index contributed by atoms with van der Waals surface area (Å²) >= 11 is 0. The maximum Gasteiger partial charge on any atom is 0.150 e. The fourth-order valence-corrected chi connectivity index (χ4v) is 2.57. The number of rotatable bonds is 3. The van der Waals surface area contributed by atoms with Gasteiger partial charge in [0.25, 0.3) is 0 Å². The molecule has 1 aliphatic rings. The average molecular weight is 177 g/mol. The molecular formula is C7H15NO2S. The molecule has 0 aromatic rings.